The van der Waals surface area contributed by atoms with Crippen molar-refractivity contribution in [3.05, 3.63) is 208 Å². The van der Waals surface area contributed by atoms with Crippen LogP contribution in [0, 0.1) is 0 Å². The molecule has 1 fully saturated rings. The molecule has 6 aromatic rings. The highest BCUT2D eigenvalue weighted by molar-refractivity contribution is 6.31. The zero-order valence-electron chi connectivity index (χ0n) is 34.0. The van der Waals surface area contributed by atoms with Gasteiger partial charge in [-0.25, -0.2) is 0 Å². The topological polar surface area (TPSA) is 73.8 Å². The Morgan fingerprint density at radius 2 is 1.03 bits per heavy atom. The lowest BCUT2D eigenvalue weighted by molar-refractivity contribution is -0.310. The summed E-state index contributed by atoms with van der Waals surface area (Å²) in [6.45, 7) is 2.49. The van der Waals surface area contributed by atoms with Gasteiger partial charge in [-0.3, -0.25) is 0 Å². The molecule has 0 bridgehead atoms. The molecule has 7 rings (SSSR count). The summed E-state index contributed by atoms with van der Waals surface area (Å²) in [5, 5.41) is 0.645. The third-order valence-corrected chi connectivity index (χ3v) is 10.6. The fourth-order valence-corrected chi connectivity index (χ4v) is 7.30. The van der Waals surface area contributed by atoms with Gasteiger partial charge < -0.3 is 37.9 Å². The summed E-state index contributed by atoms with van der Waals surface area (Å²) in [5.74, 6) is 0.592. The predicted molar refractivity (Wildman–Crippen MR) is 233 cm³/mol. The molecule has 312 valence electrons. The van der Waals surface area contributed by atoms with E-state index in [4.69, 9.17) is 49.5 Å². The highest BCUT2D eigenvalue weighted by Gasteiger charge is 2.50. The standard InChI is InChI=1S/C51H53ClO8/c1-53-37-54-29-28-38-22-24-39(25-23-38)30-44-31-45(26-27-46(44)52)59-51-50(58-35-43-20-12-5-13-21-43)49(57-34-42-18-10-4-11-19-42)48(56-33-41-16-8-3-9-17-41)47(60-51)36-55-32-40-14-6-2-7-15-40/h2-27,31,47-51H,28-30,32-37H2,1H3/t47-,48-,49+,50-,51+/m1/s1. The van der Waals surface area contributed by atoms with Crippen molar-refractivity contribution in [2.75, 3.05) is 27.1 Å². The van der Waals surface area contributed by atoms with Crippen molar-refractivity contribution in [2.45, 2.75) is 70.0 Å². The number of ether oxygens (including phenoxy) is 8. The normalized spacial score (nSPS) is 18.9. The highest BCUT2D eigenvalue weighted by atomic mass is 35.5. The molecule has 1 aliphatic rings. The Balaban J connectivity index is 1.17. The van der Waals surface area contributed by atoms with Crippen LogP contribution in [0.25, 0.3) is 0 Å². The van der Waals surface area contributed by atoms with Crippen LogP contribution in [0.1, 0.15) is 38.9 Å². The molecule has 0 N–H and O–H groups in total. The Hall–Kier alpha value is -4.87. The van der Waals surface area contributed by atoms with Gasteiger partial charge in [-0.05, 0) is 70.0 Å². The van der Waals surface area contributed by atoms with Gasteiger partial charge in [0.15, 0.2) is 0 Å². The first-order valence-electron chi connectivity index (χ1n) is 20.4. The summed E-state index contributed by atoms with van der Waals surface area (Å²) in [4.78, 5) is 0. The molecule has 8 nitrogen and oxygen atoms in total. The van der Waals surface area contributed by atoms with Crippen LogP contribution in [0.4, 0.5) is 0 Å². The van der Waals surface area contributed by atoms with E-state index in [0.29, 0.717) is 50.2 Å². The lowest BCUT2D eigenvalue weighted by atomic mass is 9.97. The molecule has 0 saturated carbocycles. The van der Waals surface area contributed by atoms with Gasteiger partial charge in [-0.2, -0.15) is 0 Å². The lowest BCUT2D eigenvalue weighted by Gasteiger charge is -2.45. The Labute approximate surface area is 358 Å². The van der Waals surface area contributed by atoms with Crippen molar-refractivity contribution in [1.82, 2.24) is 0 Å². The monoisotopic (exact) mass is 828 g/mol. The van der Waals surface area contributed by atoms with Gasteiger partial charge in [0.25, 0.3) is 0 Å². The second kappa shape index (κ2) is 23.2. The van der Waals surface area contributed by atoms with Crippen LogP contribution in [0.15, 0.2) is 164 Å². The van der Waals surface area contributed by atoms with Crippen molar-refractivity contribution in [3.63, 3.8) is 0 Å². The van der Waals surface area contributed by atoms with Gasteiger partial charge in [0.2, 0.25) is 6.29 Å². The zero-order valence-corrected chi connectivity index (χ0v) is 34.7. The minimum absolute atomic E-state index is 0.227. The van der Waals surface area contributed by atoms with Gasteiger partial charge in [-0.1, -0.05) is 157 Å². The quantitative estimate of drug-likeness (QED) is 0.0495. The van der Waals surface area contributed by atoms with Crippen molar-refractivity contribution in [3.8, 4) is 5.75 Å². The summed E-state index contributed by atoms with van der Waals surface area (Å²) in [7, 11) is 1.62. The summed E-state index contributed by atoms with van der Waals surface area (Å²) < 4.78 is 51.1. The summed E-state index contributed by atoms with van der Waals surface area (Å²) in [5.41, 5.74) is 7.35. The van der Waals surface area contributed by atoms with Crippen LogP contribution in [-0.2, 0) is 72.4 Å². The van der Waals surface area contributed by atoms with E-state index in [-0.39, 0.29) is 13.4 Å². The summed E-state index contributed by atoms with van der Waals surface area (Å²) in [6, 6.07) is 54.6. The van der Waals surface area contributed by atoms with Crippen LogP contribution in [0.3, 0.4) is 0 Å². The predicted octanol–water partition coefficient (Wildman–Crippen LogP) is 10.2. The van der Waals surface area contributed by atoms with Crippen LogP contribution in [-0.4, -0.2) is 57.8 Å². The lowest BCUT2D eigenvalue weighted by Crippen LogP contribution is -2.62. The molecule has 1 aliphatic heterocycles. The Bertz CT molecular complexity index is 2100. The fraction of sp³-hybridized carbons (Fsp3) is 0.294. The Kier molecular flexibility index (Phi) is 16.7. The zero-order chi connectivity index (χ0) is 41.2. The van der Waals surface area contributed by atoms with E-state index in [9.17, 15) is 0 Å². The van der Waals surface area contributed by atoms with Gasteiger partial charge in [-0.15, -0.1) is 0 Å². The van der Waals surface area contributed by atoms with Crippen molar-refractivity contribution >= 4 is 11.6 Å². The number of methoxy groups -OCH3 is 1. The van der Waals surface area contributed by atoms with E-state index in [2.05, 4.69) is 24.3 Å². The molecular formula is C51H53ClO8. The molecular weight excluding hydrogens is 776 g/mol. The van der Waals surface area contributed by atoms with E-state index >= 15 is 0 Å². The van der Waals surface area contributed by atoms with Crippen LogP contribution in [0.5, 0.6) is 5.75 Å². The molecule has 0 radical (unpaired) electrons. The van der Waals surface area contributed by atoms with Crippen LogP contribution < -0.4 is 4.74 Å². The van der Waals surface area contributed by atoms with E-state index in [1.165, 1.54) is 5.56 Å². The molecule has 0 unspecified atom stereocenters. The second-order valence-corrected chi connectivity index (χ2v) is 15.2. The average molecular weight is 829 g/mol. The van der Waals surface area contributed by atoms with E-state index in [1.807, 2.05) is 140 Å². The smallest absolute Gasteiger partial charge is 0.229 e. The molecule has 6 aromatic carbocycles. The maximum absolute atomic E-state index is 6.93. The molecule has 9 heteroatoms. The Morgan fingerprint density at radius 3 is 1.60 bits per heavy atom. The van der Waals surface area contributed by atoms with E-state index in [1.54, 1.807) is 7.11 Å². The highest BCUT2D eigenvalue weighted by Crippen LogP contribution is 2.34. The molecule has 0 amide bonds. The maximum Gasteiger partial charge on any atom is 0.229 e. The molecule has 5 atom stereocenters. The van der Waals surface area contributed by atoms with Gasteiger partial charge >= 0.3 is 0 Å². The summed E-state index contributed by atoms with van der Waals surface area (Å²) in [6.07, 6.45) is -1.97. The third-order valence-electron chi connectivity index (χ3n) is 10.3. The average Bonchev–Trinajstić information content (AvgIpc) is 3.29. The minimum Gasteiger partial charge on any atom is -0.462 e. The fourth-order valence-electron chi connectivity index (χ4n) is 7.11. The van der Waals surface area contributed by atoms with Crippen molar-refractivity contribution in [2.24, 2.45) is 0 Å². The second-order valence-electron chi connectivity index (χ2n) is 14.8. The third kappa shape index (κ3) is 13.1. The molecule has 1 saturated heterocycles. The first-order valence-corrected chi connectivity index (χ1v) is 20.8. The molecule has 0 aromatic heterocycles. The van der Waals surface area contributed by atoms with Gasteiger partial charge in [0.05, 0.1) is 39.6 Å². The summed E-state index contributed by atoms with van der Waals surface area (Å²) >= 11 is 6.83. The first-order chi connectivity index (χ1) is 29.6. The van der Waals surface area contributed by atoms with Gasteiger partial charge in [0, 0.05) is 12.1 Å². The van der Waals surface area contributed by atoms with Gasteiger partial charge in [0.1, 0.15) is 37.0 Å². The van der Waals surface area contributed by atoms with E-state index in [0.717, 1.165) is 39.8 Å². The van der Waals surface area contributed by atoms with Crippen molar-refractivity contribution < 1.29 is 37.9 Å². The minimum atomic E-state index is -0.898. The molecule has 0 aliphatic carbocycles. The molecule has 60 heavy (non-hydrogen) atoms. The number of benzene rings is 6. The van der Waals surface area contributed by atoms with E-state index < -0.39 is 30.7 Å². The first kappa shape index (κ1) is 43.2. The number of rotatable bonds is 22. The molecule has 0 spiro atoms. The molecule has 1 heterocycles. The van der Waals surface area contributed by atoms with Crippen molar-refractivity contribution in [1.29, 1.82) is 0 Å². The number of halogens is 1. The van der Waals surface area contributed by atoms with Crippen LogP contribution >= 0.6 is 11.6 Å². The van der Waals surface area contributed by atoms with Crippen LogP contribution in [0.2, 0.25) is 5.02 Å². The maximum atomic E-state index is 6.93. The SMILES string of the molecule is COCOCCc1ccc(Cc2cc(O[C@H]3O[C@H](COCc4ccccc4)[C@@H](OCc4ccccc4)[C@H](OCc4ccccc4)[C@H]3OCc3ccccc3)ccc2Cl)cc1. The number of hydrogen-bond acceptors (Lipinski definition) is 8. The number of hydrogen-bond donors (Lipinski definition) is 0. The Morgan fingerprint density at radius 1 is 0.517 bits per heavy atom. The largest absolute Gasteiger partial charge is 0.462 e.